The van der Waals surface area contributed by atoms with Gasteiger partial charge in [0.2, 0.25) is 11.8 Å². The summed E-state index contributed by atoms with van der Waals surface area (Å²) in [4.78, 5) is 36.6. The smallest absolute Gasteiger partial charge is 0.338 e. The van der Waals surface area contributed by atoms with Crippen molar-refractivity contribution >= 4 is 23.5 Å². The van der Waals surface area contributed by atoms with Crippen LogP contribution < -0.4 is 4.90 Å². The van der Waals surface area contributed by atoms with Gasteiger partial charge in [-0.25, -0.2) is 9.18 Å². The van der Waals surface area contributed by atoms with Gasteiger partial charge in [-0.2, -0.15) is 0 Å². The maximum Gasteiger partial charge on any atom is 0.338 e. The third-order valence-electron chi connectivity index (χ3n) is 4.17. The molecule has 1 saturated heterocycles. The molecule has 1 aromatic rings. The normalized spacial score (nSPS) is 22.2. The number of imide groups is 1. The standard InChI is InChI=1S/C15H16FNO4/c1-8(2)15(3)7-12(18)17(14(15)21)9-4-5-11(16)10(6-9)13(19)20/h4-6,8H,7H2,1-3H3,(H,19,20). The van der Waals surface area contributed by atoms with Crippen LogP contribution in [0.25, 0.3) is 0 Å². The molecular formula is C15H16FNO4. The fourth-order valence-electron chi connectivity index (χ4n) is 2.37. The van der Waals surface area contributed by atoms with Gasteiger partial charge in [0.1, 0.15) is 5.82 Å². The Morgan fingerprint density at radius 3 is 2.48 bits per heavy atom. The highest BCUT2D eigenvalue weighted by molar-refractivity contribution is 6.22. The first-order valence-electron chi connectivity index (χ1n) is 6.58. The third kappa shape index (κ3) is 2.30. The van der Waals surface area contributed by atoms with Crippen molar-refractivity contribution in [2.24, 2.45) is 11.3 Å². The quantitative estimate of drug-likeness (QED) is 0.869. The van der Waals surface area contributed by atoms with Gasteiger partial charge in [-0.1, -0.05) is 13.8 Å². The van der Waals surface area contributed by atoms with Gasteiger partial charge in [0.15, 0.2) is 0 Å². The number of anilines is 1. The Bertz CT molecular complexity index is 641. The summed E-state index contributed by atoms with van der Waals surface area (Å²) in [6, 6.07) is 3.20. The lowest BCUT2D eigenvalue weighted by Gasteiger charge is -2.26. The van der Waals surface area contributed by atoms with E-state index >= 15 is 0 Å². The second-order valence-corrected chi connectivity index (χ2v) is 5.75. The van der Waals surface area contributed by atoms with E-state index < -0.39 is 28.7 Å². The largest absolute Gasteiger partial charge is 0.478 e. The molecule has 1 aromatic carbocycles. The lowest BCUT2D eigenvalue weighted by Crippen LogP contribution is -2.37. The molecule has 1 atom stereocenters. The first-order valence-corrected chi connectivity index (χ1v) is 6.58. The van der Waals surface area contributed by atoms with Gasteiger partial charge in [-0.3, -0.25) is 14.5 Å². The van der Waals surface area contributed by atoms with Crippen molar-refractivity contribution in [3.8, 4) is 0 Å². The molecule has 1 aliphatic heterocycles. The second kappa shape index (κ2) is 4.95. The fourth-order valence-corrected chi connectivity index (χ4v) is 2.37. The molecule has 1 heterocycles. The minimum atomic E-state index is -1.44. The number of carbonyl (C=O) groups excluding carboxylic acids is 2. The summed E-state index contributed by atoms with van der Waals surface area (Å²) < 4.78 is 13.4. The number of carboxylic acid groups (broad SMARTS) is 1. The van der Waals surface area contributed by atoms with Crippen molar-refractivity contribution in [3.05, 3.63) is 29.6 Å². The average Bonchev–Trinajstić information content (AvgIpc) is 2.62. The highest BCUT2D eigenvalue weighted by atomic mass is 19.1. The number of hydrogen-bond acceptors (Lipinski definition) is 3. The number of carboxylic acids is 1. The van der Waals surface area contributed by atoms with Crippen LogP contribution in [-0.4, -0.2) is 22.9 Å². The predicted molar refractivity (Wildman–Crippen MR) is 73.4 cm³/mol. The molecule has 0 bridgehead atoms. The average molecular weight is 293 g/mol. The molecule has 21 heavy (non-hydrogen) atoms. The number of benzene rings is 1. The molecule has 0 spiro atoms. The predicted octanol–water partition coefficient (Wildman–Crippen LogP) is 2.45. The molecule has 6 heteroatoms. The van der Waals surface area contributed by atoms with E-state index in [1.54, 1.807) is 6.92 Å². The van der Waals surface area contributed by atoms with Crippen LogP contribution in [0.4, 0.5) is 10.1 Å². The molecule has 0 aliphatic carbocycles. The lowest BCUT2D eigenvalue weighted by molar-refractivity contribution is -0.126. The zero-order valence-electron chi connectivity index (χ0n) is 12.0. The van der Waals surface area contributed by atoms with Crippen LogP contribution in [0.2, 0.25) is 0 Å². The second-order valence-electron chi connectivity index (χ2n) is 5.75. The fraction of sp³-hybridized carbons (Fsp3) is 0.400. The monoisotopic (exact) mass is 293 g/mol. The van der Waals surface area contributed by atoms with Crippen LogP contribution in [0.15, 0.2) is 18.2 Å². The molecule has 0 radical (unpaired) electrons. The minimum absolute atomic E-state index is 0.0432. The van der Waals surface area contributed by atoms with E-state index in [0.717, 1.165) is 17.0 Å². The van der Waals surface area contributed by atoms with Gasteiger partial charge >= 0.3 is 5.97 Å². The van der Waals surface area contributed by atoms with E-state index in [2.05, 4.69) is 0 Å². The zero-order chi connectivity index (χ0) is 15.9. The Hall–Kier alpha value is -2.24. The number of hydrogen-bond donors (Lipinski definition) is 1. The highest BCUT2D eigenvalue weighted by Crippen LogP contribution is 2.41. The van der Waals surface area contributed by atoms with Gasteiger partial charge in [0.25, 0.3) is 0 Å². The molecule has 1 fully saturated rings. The summed E-state index contributed by atoms with van der Waals surface area (Å²) in [6.07, 6.45) is 0.0588. The van der Waals surface area contributed by atoms with Gasteiger partial charge < -0.3 is 5.11 Å². The van der Waals surface area contributed by atoms with E-state index in [1.165, 1.54) is 6.07 Å². The van der Waals surface area contributed by atoms with E-state index in [9.17, 15) is 18.8 Å². The number of amides is 2. The summed E-state index contributed by atoms with van der Waals surface area (Å²) in [7, 11) is 0. The van der Waals surface area contributed by atoms with Crippen molar-refractivity contribution in [1.29, 1.82) is 0 Å². The number of aromatic carboxylic acids is 1. The number of carbonyl (C=O) groups is 3. The number of rotatable bonds is 3. The Balaban J connectivity index is 2.48. The van der Waals surface area contributed by atoms with Crippen LogP contribution in [0.5, 0.6) is 0 Å². The van der Waals surface area contributed by atoms with Crippen molar-refractivity contribution in [2.75, 3.05) is 4.90 Å². The lowest BCUT2D eigenvalue weighted by atomic mass is 9.78. The first kappa shape index (κ1) is 15.2. The summed E-state index contributed by atoms with van der Waals surface area (Å²) in [6.45, 7) is 5.41. The molecule has 5 nitrogen and oxygen atoms in total. The summed E-state index contributed by atoms with van der Waals surface area (Å²) >= 11 is 0. The molecule has 1 aliphatic rings. The van der Waals surface area contributed by atoms with Crippen molar-refractivity contribution in [1.82, 2.24) is 0 Å². The molecular weight excluding hydrogens is 277 g/mol. The molecule has 2 rings (SSSR count). The maximum atomic E-state index is 13.4. The van der Waals surface area contributed by atoms with E-state index in [4.69, 9.17) is 5.11 Å². The maximum absolute atomic E-state index is 13.4. The van der Waals surface area contributed by atoms with Crippen LogP contribution in [0.1, 0.15) is 37.6 Å². The Morgan fingerprint density at radius 1 is 1.38 bits per heavy atom. The van der Waals surface area contributed by atoms with Gasteiger partial charge in [-0.15, -0.1) is 0 Å². The van der Waals surface area contributed by atoms with Crippen LogP contribution in [0, 0.1) is 17.2 Å². The van der Waals surface area contributed by atoms with Crippen molar-refractivity contribution < 1.29 is 23.9 Å². The highest BCUT2D eigenvalue weighted by Gasteiger charge is 2.50. The summed E-state index contributed by atoms with van der Waals surface area (Å²) in [5.74, 6) is -3.18. The van der Waals surface area contributed by atoms with Gasteiger partial charge in [0, 0.05) is 6.42 Å². The van der Waals surface area contributed by atoms with Crippen LogP contribution >= 0.6 is 0 Å². The van der Waals surface area contributed by atoms with E-state index in [0.29, 0.717) is 0 Å². The molecule has 0 aromatic heterocycles. The molecule has 112 valence electrons. The topological polar surface area (TPSA) is 74.7 Å². The summed E-state index contributed by atoms with van der Waals surface area (Å²) in [5.41, 5.74) is -1.30. The minimum Gasteiger partial charge on any atom is -0.478 e. The zero-order valence-corrected chi connectivity index (χ0v) is 12.0. The Labute approximate surface area is 121 Å². The SMILES string of the molecule is CC(C)C1(C)CC(=O)N(c2ccc(F)c(C(=O)O)c2)C1=O. The summed E-state index contributed by atoms with van der Waals surface area (Å²) in [5, 5.41) is 8.93. The molecule has 1 unspecified atom stereocenters. The molecule has 1 N–H and O–H groups in total. The van der Waals surface area contributed by atoms with E-state index in [-0.39, 0.29) is 23.9 Å². The Kier molecular flexibility index (Phi) is 3.57. The molecule has 2 amide bonds. The van der Waals surface area contributed by atoms with Crippen molar-refractivity contribution in [2.45, 2.75) is 27.2 Å². The number of nitrogens with zero attached hydrogens (tertiary/aromatic N) is 1. The number of halogens is 1. The van der Waals surface area contributed by atoms with Crippen LogP contribution in [-0.2, 0) is 9.59 Å². The van der Waals surface area contributed by atoms with Gasteiger partial charge in [-0.05, 0) is 31.0 Å². The van der Waals surface area contributed by atoms with Crippen LogP contribution in [0.3, 0.4) is 0 Å². The Morgan fingerprint density at radius 2 is 2.00 bits per heavy atom. The van der Waals surface area contributed by atoms with Crippen molar-refractivity contribution in [3.63, 3.8) is 0 Å². The van der Waals surface area contributed by atoms with Gasteiger partial charge in [0.05, 0.1) is 16.7 Å². The van der Waals surface area contributed by atoms with E-state index in [1.807, 2.05) is 13.8 Å². The molecule has 0 saturated carbocycles. The third-order valence-corrected chi connectivity index (χ3v) is 4.17. The first-order chi connectivity index (χ1) is 9.68.